The summed E-state index contributed by atoms with van der Waals surface area (Å²) in [6.07, 6.45) is 8.91. The van der Waals surface area contributed by atoms with Crippen molar-refractivity contribution in [1.29, 1.82) is 0 Å². The number of nitrogens with two attached hydrogens (primary N) is 1. The number of rotatable bonds is 5. The Bertz CT molecular complexity index is 944. The van der Waals surface area contributed by atoms with E-state index in [1.807, 2.05) is 12.1 Å². The zero-order chi connectivity index (χ0) is 23.3. The Morgan fingerprint density at radius 2 is 2.06 bits per heavy atom. The number of nitrogens with zero attached hydrogens (tertiary/aromatic N) is 3. The van der Waals surface area contributed by atoms with Crippen molar-refractivity contribution in [2.45, 2.75) is 77.3 Å². The highest BCUT2D eigenvalue weighted by atomic mass is 16.6. The molecule has 2 aromatic rings. The number of aliphatic hydroxyl groups is 2. The number of hydrogen-bond donors (Lipinski definition) is 3. The van der Waals surface area contributed by atoms with Gasteiger partial charge in [-0.2, -0.15) is 5.10 Å². The second-order valence-electron chi connectivity index (χ2n) is 9.10. The maximum atomic E-state index is 12.1. The Labute approximate surface area is 188 Å². The van der Waals surface area contributed by atoms with E-state index in [2.05, 4.69) is 23.1 Å². The van der Waals surface area contributed by atoms with E-state index in [0.717, 1.165) is 43.3 Å². The van der Waals surface area contributed by atoms with Gasteiger partial charge < -0.3 is 25.4 Å². The van der Waals surface area contributed by atoms with Crippen molar-refractivity contribution in [1.82, 2.24) is 14.6 Å². The maximum Gasteiger partial charge on any atom is 0.306 e. The fraction of sp³-hybridized carbons (Fsp3) is 0.609. The molecule has 0 aromatic carbocycles. The van der Waals surface area contributed by atoms with Crippen LogP contribution in [0.2, 0.25) is 0 Å². The number of carbonyl (C=O) groups excluding carboxylic acids is 1. The third-order valence-corrected chi connectivity index (χ3v) is 5.58. The minimum atomic E-state index is -1.50. The molecule has 3 atom stereocenters. The van der Waals surface area contributed by atoms with E-state index in [4.69, 9.17) is 25.4 Å². The molecule has 3 heterocycles. The lowest BCUT2D eigenvalue weighted by atomic mass is 9.88. The highest BCUT2D eigenvalue weighted by molar-refractivity contribution is 5.69. The lowest BCUT2D eigenvalue weighted by Gasteiger charge is -2.20. The van der Waals surface area contributed by atoms with Crippen LogP contribution >= 0.6 is 0 Å². The SMILES string of the molecule is CC(C)(O)O.CC1=CCC(CC(=O)OCC2CCC(c3ccc4c(N)ncnn34)O2)CC1. The third kappa shape index (κ3) is 7.01. The molecule has 1 aliphatic heterocycles. The normalized spacial score (nSPS) is 23.4. The number of esters is 1. The molecule has 0 radical (unpaired) electrons. The van der Waals surface area contributed by atoms with Crippen LogP contribution in [-0.4, -0.2) is 49.3 Å². The van der Waals surface area contributed by atoms with Gasteiger partial charge in [0.15, 0.2) is 11.6 Å². The minimum Gasteiger partial charge on any atom is -0.463 e. The molecule has 4 rings (SSSR count). The van der Waals surface area contributed by atoms with Crippen molar-refractivity contribution in [3.63, 3.8) is 0 Å². The maximum absolute atomic E-state index is 12.1. The van der Waals surface area contributed by atoms with Gasteiger partial charge in [-0.25, -0.2) is 9.50 Å². The van der Waals surface area contributed by atoms with Crippen molar-refractivity contribution >= 4 is 17.3 Å². The van der Waals surface area contributed by atoms with Crippen LogP contribution < -0.4 is 5.73 Å². The second-order valence-corrected chi connectivity index (χ2v) is 9.10. The fourth-order valence-corrected chi connectivity index (χ4v) is 3.95. The number of allylic oxidation sites excluding steroid dienone is 2. The summed E-state index contributed by atoms with van der Waals surface area (Å²) < 4.78 is 13.4. The highest BCUT2D eigenvalue weighted by Gasteiger charge is 2.30. The van der Waals surface area contributed by atoms with Crippen LogP contribution in [0.4, 0.5) is 5.82 Å². The molecule has 9 nitrogen and oxygen atoms in total. The Morgan fingerprint density at radius 1 is 1.31 bits per heavy atom. The van der Waals surface area contributed by atoms with E-state index >= 15 is 0 Å². The van der Waals surface area contributed by atoms with Crippen molar-refractivity contribution in [2.24, 2.45) is 5.92 Å². The summed E-state index contributed by atoms with van der Waals surface area (Å²) in [5, 5.41) is 20.4. The quantitative estimate of drug-likeness (QED) is 0.363. The lowest BCUT2D eigenvalue weighted by Crippen LogP contribution is -2.20. The predicted molar refractivity (Wildman–Crippen MR) is 119 cm³/mol. The van der Waals surface area contributed by atoms with Gasteiger partial charge in [-0.3, -0.25) is 4.79 Å². The lowest BCUT2D eigenvalue weighted by molar-refractivity contribution is -0.149. The molecule has 32 heavy (non-hydrogen) atoms. The van der Waals surface area contributed by atoms with Gasteiger partial charge in [-0.05, 0) is 70.9 Å². The molecule has 2 aliphatic rings. The molecule has 0 bridgehead atoms. The first kappa shape index (κ1) is 24.2. The summed E-state index contributed by atoms with van der Waals surface area (Å²) in [5.74, 6) is -0.753. The average molecular weight is 447 g/mol. The van der Waals surface area contributed by atoms with E-state index in [0.29, 0.717) is 24.8 Å². The van der Waals surface area contributed by atoms with Gasteiger partial charge in [0.05, 0.1) is 11.8 Å². The van der Waals surface area contributed by atoms with E-state index in [9.17, 15) is 4.79 Å². The largest absolute Gasteiger partial charge is 0.463 e. The molecule has 1 aliphatic carbocycles. The first-order chi connectivity index (χ1) is 15.1. The number of carbonyl (C=O) groups is 1. The van der Waals surface area contributed by atoms with E-state index < -0.39 is 5.79 Å². The first-order valence-electron chi connectivity index (χ1n) is 11.1. The number of hydrogen-bond acceptors (Lipinski definition) is 8. The summed E-state index contributed by atoms with van der Waals surface area (Å²) in [6, 6.07) is 3.87. The van der Waals surface area contributed by atoms with Crippen LogP contribution in [0.3, 0.4) is 0 Å². The molecule has 2 aromatic heterocycles. The number of anilines is 1. The zero-order valence-corrected chi connectivity index (χ0v) is 19.0. The van der Waals surface area contributed by atoms with E-state index in [1.54, 1.807) is 4.52 Å². The minimum absolute atomic E-state index is 0.0721. The topological polar surface area (TPSA) is 132 Å². The number of nitrogen functional groups attached to an aromatic ring is 1. The molecule has 9 heteroatoms. The molecule has 176 valence electrons. The van der Waals surface area contributed by atoms with Crippen LogP contribution in [0.1, 0.15) is 71.1 Å². The molecular formula is C23H34N4O5. The van der Waals surface area contributed by atoms with Crippen molar-refractivity contribution in [3.05, 3.63) is 35.8 Å². The van der Waals surface area contributed by atoms with Gasteiger partial charge in [0.1, 0.15) is 24.6 Å². The highest BCUT2D eigenvalue weighted by Crippen LogP contribution is 2.34. The van der Waals surface area contributed by atoms with Crippen LogP contribution in [-0.2, 0) is 14.3 Å². The molecule has 1 saturated heterocycles. The van der Waals surface area contributed by atoms with Crippen LogP contribution in [0.5, 0.6) is 0 Å². The average Bonchev–Trinajstić information content (AvgIpc) is 3.34. The van der Waals surface area contributed by atoms with Gasteiger partial charge in [-0.15, -0.1) is 0 Å². The summed E-state index contributed by atoms with van der Waals surface area (Å²) in [5.41, 5.74) is 9.05. The standard InChI is InChI=1S/C20H26N4O3.C3H8O2/c1-13-2-4-14(5-3-13)10-19(25)26-11-15-6-9-18(27-15)16-7-8-17-20(21)22-12-23-24(16)17;1-3(2,4)5/h2,7-8,12,14-15,18H,3-6,9-11H2,1H3,(H2,21,22,23);4-5H,1-2H3. The Kier molecular flexibility index (Phi) is 7.86. The number of aromatic nitrogens is 3. The van der Waals surface area contributed by atoms with Gasteiger partial charge in [0, 0.05) is 6.42 Å². The van der Waals surface area contributed by atoms with Crippen LogP contribution in [0.15, 0.2) is 30.1 Å². The molecule has 3 unspecified atom stereocenters. The number of fused-ring (bicyclic) bond motifs is 1. The molecule has 0 amide bonds. The van der Waals surface area contributed by atoms with Crippen molar-refractivity contribution < 1.29 is 24.5 Å². The summed E-state index contributed by atoms with van der Waals surface area (Å²) in [4.78, 5) is 16.1. The Balaban J connectivity index is 0.000000523. The van der Waals surface area contributed by atoms with E-state index in [1.165, 1.54) is 25.7 Å². The van der Waals surface area contributed by atoms with Crippen LogP contribution in [0, 0.1) is 5.92 Å². The van der Waals surface area contributed by atoms with Gasteiger partial charge >= 0.3 is 5.97 Å². The Hall–Kier alpha value is -2.49. The van der Waals surface area contributed by atoms with Crippen molar-refractivity contribution in [2.75, 3.05) is 12.3 Å². The first-order valence-corrected chi connectivity index (χ1v) is 11.1. The zero-order valence-electron chi connectivity index (χ0n) is 19.0. The van der Waals surface area contributed by atoms with Crippen molar-refractivity contribution in [3.8, 4) is 0 Å². The molecule has 0 saturated carbocycles. The monoisotopic (exact) mass is 446 g/mol. The van der Waals surface area contributed by atoms with Gasteiger partial charge in [0.25, 0.3) is 0 Å². The molecule has 0 spiro atoms. The summed E-state index contributed by atoms with van der Waals surface area (Å²) in [6.45, 7) is 5.06. The van der Waals surface area contributed by atoms with E-state index in [-0.39, 0.29) is 18.2 Å². The summed E-state index contributed by atoms with van der Waals surface area (Å²) in [7, 11) is 0. The molecular weight excluding hydrogens is 412 g/mol. The second kappa shape index (κ2) is 10.4. The molecule has 4 N–H and O–H groups in total. The summed E-state index contributed by atoms with van der Waals surface area (Å²) >= 11 is 0. The Morgan fingerprint density at radius 3 is 2.75 bits per heavy atom. The third-order valence-electron chi connectivity index (χ3n) is 5.58. The van der Waals surface area contributed by atoms with Crippen LogP contribution in [0.25, 0.3) is 5.52 Å². The fourth-order valence-electron chi connectivity index (χ4n) is 3.95. The smallest absolute Gasteiger partial charge is 0.306 e. The van der Waals surface area contributed by atoms with Gasteiger partial charge in [-0.1, -0.05) is 11.6 Å². The number of ether oxygens (including phenoxy) is 2. The predicted octanol–water partition coefficient (Wildman–Crippen LogP) is 2.92. The van der Waals surface area contributed by atoms with Gasteiger partial charge in [0.2, 0.25) is 0 Å². The molecule has 1 fully saturated rings.